The molecule has 3 unspecified atom stereocenters. The Balaban J connectivity index is 1.80. The Morgan fingerprint density at radius 2 is 2.35 bits per heavy atom. The first-order chi connectivity index (χ1) is 8.19. The zero-order valence-corrected chi connectivity index (χ0v) is 9.96. The number of hydrogen-bond acceptors (Lipinski definition) is 4. The van der Waals surface area contributed by atoms with Crippen LogP contribution in [0.15, 0.2) is 0 Å². The molecule has 0 radical (unpaired) electrons. The van der Waals surface area contributed by atoms with E-state index in [-0.39, 0.29) is 35.6 Å². The highest BCUT2D eigenvalue weighted by atomic mass is 16.6. The summed E-state index contributed by atoms with van der Waals surface area (Å²) in [5.74, 6) is 0.485. The third kappa shape index (κ3) is 1.07. The molecule has 1 spiro atoms. The number of methoxy groups -OCH3 is 1. The smallest absolute Gasteiger partial charge is 0.136 e. The van der Waals surface area contributed by atoms with Crippen LogP contribution in [0.1, 0.15) is 25.7 Å². The van der Waals surface area contributed by atoms with Crippen molar-refractivity contribution in [1.29, 1.82) is 0 Å². The van der Waals surface area contributed by atoms with Crippen molar-refractivity contribution in [3.05, 3.63) is 0 Å². The van der Waals surface area contributed by atoms with E-state index in [9.17, 15) is 9.90 Å². The number of Topliss-reactive ketones (excluding diaryl/α,β-unsaturated/α-hetero) is 1. The number of aliphatic hydroxyl groups is 1. The van der Waals surface area contributed by atoms with Gasteiger partial charge in [0.15, 0.2) is 0 Å². The molecule has 0 amide bonds. The van der Waals surface area contributed by atoms with E-state index in [0.29, 0.717) is 12.2 Å². The number of epoxide rings is 1. The highest BCUT2D eigenvalue weighted by molar-refractivity contribution is 5.82. The van der Waals surface area contributed by atoms with E-state index in [1.807, 2.05) is 0 Å². The fourth-order valence-corrected chi connectivity index (χ4v) is 4.80. The van der Waals surface area contributed by atoms with Gasteiger partial charge in [0.05, 0.1) is 12.2 Å². The van der Waals surface area contributed by atoms with Gasteiger partial charge in [-0.05, 0) is 19.3 Å². The maximum absolute atomic E-state index is 12.1. The van der Waals surface area contributed by atoms with Crippen LogP contribution in [-0.4, -0.2) is 41.9 Å². The summed E-state index contributed by atoms with van der Waals surface area (Å²) in [4.78, 5) is 12.1. The van der Waals surface area contributed by atoms with Crippen LogP contribution in [0.25, 0.3) is 0 Å². The van der Waals surface area contributed by atoms with Crippen molar-refractivity contribution in [2.45, 2.75) is 49.6 Å². The van der Waals surface area contributed by atoms with Gasteiger partial charge < -0.3 is 14.6 Å². The third-order valence-corrected chi connectivity index (χ3v) is 5.50. The first kappa shape index (κ1) is 10.5. The summed E-state index contributed by atoms with van der Waals surface area (Å²) in [5.41, 5.74) is -0.232. The highest BCUT2D eigenvalue weighted by Crippen LogP contribution is 2.65. The van der Waals surface area contributed by atoms with Crippen LogP contribution < -0.4 is 0 Å². The molecule has 4 heteroatoms. The molecular weight excluding hydrogens is 220 g/mol. The van der Waals surface area contributed by atoms with E-state index in [2.05, 4.69) is 0 Å². The van der Waals surface area contributed by atoms with Crippen molar-refractivity contribution in [3.63, 3.8) is 0 Å². The molecule has 4 aliphatic rings. The number of carbonyl (C=O) groups excluding carboxylic acids is 1. The molecule has 4 nitrogen and oxygen atoms in total. The van der Waals surface area contributed by atoms with Crippen LogP contribution in [-0.2, 0) is 14.3 Å². The van der Waals surface area contributed by atoms with Gasteiger partial charge in [0.1, 0.15) is 17.5 Å². The van der Waals surface area contributed by atoms with E-state index in [1.54, 1.807) is 7.11 Å². The number of aliphatic hydroxyl groups excluding tert-OH is 1. The monoisotopic (exact) mass is 238 g/mol. The largest absolute Gasteiger partial charge is 0.392 e. The van der Waals surface area contributed by atoms with Crippen molar-refractivity contribution in [2.75, 3.05) is 7.11 Å². The molecule has 3 saturated carbocycles. The first-order valence-corrected chi connectivity index (χ1v) is 6.60. The van der Waals surface area contributed by atoms with Crippen molar-refractivity contribution in [3.8, 4) is 0 Å². The van der Waals surface area contributed by atoms with Crippen molar-refractivity contribution < 1.29 is 19.4 Å². The SMILES string of the molecule is CO[C@@H]1C2C[C@H]3C(=O)CCC[C@]4(O[C@H]14)C3C2O. The van der Waals surface area contributed by atoms with Crippen LogP contribution in [0, 0.1) is 17.8 Å². The van der Waals surface area contributed by atoms with E-state index in [1.165, 1.54) is 0 Å². The molecule has 4 rings (SSSR count). The molecule has 0 aromatic carbocycles. The molecule has 0 aromatic rings. The number of ether oxygens (including phenoxy) is 2. The van der Waals surface area contributed by atoms with Crippen molar-refractivity contribution in [1.82, 2.24) is 0 Å². The average molecular weight is 238 g/mol. The van der Waals surface area contributed by atoms with Crippen LogP contribution in [0.4, 0.5) is 0 Å². The lowest BCUT2D eigenvalue weighted by atomic mass is 9.73. The predicted octanol–water partition coefficient (Wildman–Crippen LogP) is 0.519. The molecule has 1 heterocycles. The van der Waals surface area contributed by atoms with Crippen LogP contribution in [0.3, 0.4) is 0 Å². The fourth-order valence-electron chi connectivity index (χ4n) is 4.80. The second-order valence-electron chi connectivity index (χ2n) is 6.04. The number of hydrogen-bond donors (Lipinski definition) is 1. The second kappa shape index (κ2) is 3.11. The summed E-state index contributed by atoms with van der Waals surface area (Å²) in [5, 5.41) is 10.4. The third-order valence-electron chi connectivity index (χ3n) is 5.50. The topological polar surface area (TPSA) is 59.1 Å². The van der Waals surface area contributed by atoms with E-state index >= 15 is 0 Å². The lowest BCUT2D eigenvalue weighted by Crippen LogP contribution is -2.49. The molecule has 7 atom stereocenters. The molecule has 3 aliphatic carbocycles. The fraction of sp³-hybridized carbons (Fsp3) is 0.923. The highest BCUT2D eigenvalue weighted by Gasteiger charge is 2.76. The number of carbonyl (C=O) groups is 1. The van der Waals surface area contributed by atoms with Crippen molar-refractivity contribution in [2.24, 2.45) is 17.8 Å². The predicted molar refractivity (Wildman–Crippen MR) is 58.4 cm³/mol. The van der Waals surface area contributed by atoms with Crippen LogP contribution >= 0.6 is 0 Å². The lowest BCUT2D eigenvalue weighted by molar-refractivity contribution is -0.124. The van der Waals surface area contributed by atoms with E-state index < -0.39 is 6.10 Å². The van der Waals surface area contributed by atoms with Gasteiger partial charge >= 0.3 is 0 Å². The number of fused-ring (bicyclic) bond motifs is 1. The Bertz CT molecular complexity index is 382. The van der Waals surface area contributed by atoms with Gasteiger partial charge in [0.25, 0.3) is 0 Å². The quantitative estimate of drug-likeness (QED) is 0.677. The standard InChI is InChI=1S/C13H18O4/c1-16-11-7-5-6-8(14)3-2-4-13(12(11)17-13)9(6)10(7)15/h6-7,9-12,15H,2-5H2,1H3/t6-,7?,9?,10?,11+,12+,13-/m0/s1. The first-order valence-electron chi connectivity index (χ1n) is 6.60. The Morgan fingerprint density at radius 1 is 1.53 bits per heavy atom. The molecule has 4 fully saturated rings. The van der Waals surface area contributed by atoms with Gasteiger partial charge in [-0.15, -0.1) is 0 Å². The maximum atomic E-state index is 12.1. The zero-order valence-electron chi connectivity index (χ0n) is 9.96. The average Bonchev–Trinajstić information content (AvgIpc) is 2.96. The Hall–Kier alpha value is -0.450. The van der Waals surface area contributed by atoms with E-state index in [0.717, 1.165) is 19.3 Å². The summed E-state index contributed by atoms with van der Waals surface area (Å²) in [6.07, 6.45) is 2.97. The van der Waals surface area contributed by atoms with Crippen molar-refractivity contribution >= 4 is 5.78 Å². The second-order valence-corrected chi connectivity index (χ2v) is 6.04. The minimum absolute atomic E-state index is 0.0163. The Morgan fingerprint density at radius 3 is 3.12 bits per heavy atom. The maximum Gasteiger partial charge on any atom is 0.136 e. The van der Waals surface area contributed by atoms with Gasteiger partial charge in [0, 0.05) is 31.3 Å². The Kier molecular flexibility index (Phi) is 1.91. The summed E-state index contributed by atoms with van der Waals surface area (Å²) in [7, 11) is 1.69. The van der Waals surface area contributed by atoms with Crippen LogP contribution in [0.2, 0.25) is 0 Å². The number of ketones is 1. The minimum atomic E-state index is -0.411. The molecule has 0 aromatic heterocycles. The van der Waals surface area contributed by atoms with Crippen LogP contribution in [0.5, 0.6) is 0 Å². The zero-order chi connectivity index (χ0) is 11.8. The van der Waals surface area contributed by atoms with Gasteiger partial charge in [-0.2, -0.15) is 0 Å². The van der Waals surface area contributed by atoms with Gasteiger partial charge in [-0.3, -0.25) is 4.79 Å². The molecule has 17 heavy (non-hydrogen) atoms. The summed E-state index contributed by atoms with van der Waals surface area (Å²) in [6, 6.07) is 0. The lowest BCUT2D eigenvalue weighted by Gasteiger charge is -2.34. The minimum Gasteiger partial charge on any atom is -0.392 e. The summed E-state index contributed by atoms with van der Waals surface area (Å²) < 4.78 is 11.5. The number of rotatable bonds is 1. The molecule has 1 N–H and O–H groups in total. The van der Waals surface area contributed by atoms with E-state index in [4.69, 9.17) is 9.47 Å². The van der Waals surface area contributed by atoms with Gasteiger partial charge in [-0.25, -0.2) is 0 Å². The summed E-state index contributed by atoms with van der Waals surface area (Å²) in [6.45, 7) is 0. The molecule has 2 bridgehead atoms. The molecule has 1 aliphatic heterocycles. The molecular formula is C13H18O4. The molecule has 94 valence electrons. The Labute approximate surface area is 100 Å². The summed E-state index contributed by atoms with van der Waals surface area (Å²) >= 11 is 0. The van der Waals surface area contributed by atoms with Gasteiger partial charge in [-0.1, -0.05) is 0 Å². The molecule has 1 saturated heterocycles. The normalized spacial score (nSPS) is 59.8. The van der Waals surface area contributed by atoms with Gasteiger partial charge in [0.2, 0.25) is 0 Å².